The normalized spacial score (nSPS) is 15.4. The van der Waals surface area contributed by atoms with Crippen molar-refractivity contribution >= 4 is 28.6 Å². The van der Waals surface area contributed by atoms with Crippen molar-refractivity contribution < 1.29 is 23.9 Å². The van der Waals surface area contributed by atoms with Crippen LogP contribution in [0.1, 0.15) is 17.7 Å². The number of ether oxygens (including phenoxy) is 2. The van der Waals surface area contributed by atoms with Crippen LogP contribution in [0.5, 0.6) is 0 Å². The van der Waals surface area contributed by atoms with Crippen molar-refractivity contribution in [1.29, 1.82) is 0 Å². The van der Waals surface area contributed by atoms with E-state index in [1.54, 1.807) is 11.1 Å². The molecule has 2 aromatic carbocycles. The maximum atomic E-state index is 13.5. The van der Waals surface area contributed by atoms with E-state index in [-0.39, 0.29) is 24.7 Å². The number of rotatable bonds is 9. The van der Waals surface area contributed by atoms with E-state index in [2.05, 4.69) is 15.3 Å². The Kier molecular flexibility index (Phi) is 8.10. The van der Waals surface area contributed by atoms with Gasteiger partial charge in [0.2, 0.25) is 11.8 Å². The van der Waals surface area contributed by atoms with Gasteiger partial charge in [0, 0.05) is 37.8 Å². The van der Waals surface area contributed by atoms with Crippen LogP contribution in [0.2, 0.25) is 0 Å². The number of benzene rings is 2. The van der Waals surface area contributed by atoms with E-state index in [1.807, 2.05) is 42.5 Å². The molecule has 2 heterocycles. The van der Waals surface area contributed by atoms with Crippen LogP contribution in [-0.2, 0) is 36.7 Å². The molecule has 0 bridgehead atoms. The molecule has 2 amide bonds. The van der Waals surface area contributed by atoms with E-state index in [1.165, 1.54) is 13.4 Å². The Balaban J connectivity index is 1.57. The second kappa shape index (κ2) is 11.6. The van der Waals surface area contributed by atoms with E-state index < -0.39 is 17.9 Å². The molecule has 9 heteroatoms. The molecule has 4 rings (SSSR count). The van der Waals surface area contributed by atoms with Crippen LogP contribution >= 0.6 is 0 Å². The minimum atomic E-state index is -0.901. The van der Waals surface area contributed by atoms with Crippen LogP contribution in [0.15, 0.2) is 55.0 Å². The Morgan fingerprint density at radius 2 is 1.89 bits per heavy atom. The van der Waals surface area contributed by atoms with Crippen molar-refractivity contribution in [2.24, 2.45) is 5.92 Å². The van der Waals surface area contributed by atoms with Gasteiger partial charge >= 0.3 is 5.97 Å². The molecule has 35 heavy (non-hydrogen) atoms. The number of esters is 1. The fourth-order valence-electron chi connectivity index (χ4n) is 4.39. The summed E-state index contributed by atoms with van der Waals surface area (Å²) in [5, 5.41) is 4.93. The molecule has 2 N–H and O–H groups in total. The Morgan fingerprint density at radius 1 is 1.11 bits per heavy atom. The fraction of sp³-hybridized carbons (Fsp3) is 0.385. The lowest BCUT2D eigenvalue weighted by atomic mass is 9.91. The first-order chi connectivity index (χ1) is 17.0. The van der Waals surface area contributed by atoms with Crippen molar-refractivity contribution in [2.75, 3.05) is 33.4 Å². The number of nitrogens with one attached hydrogen (secondary N) is 2. The Morgan fingerprint density at radius 3 is 2.63 bits per heavy atom. The number of aromatic nitrogens is 2. The number of imidazole rings is 1. The van der Waals surface area contributed by atoms with Gasteiger partial charge in [-0.1, -0.05) is 42.5 Å². The number of aromatic amines is 1. The number of carbonyl (C=O) groups is 3. The first kappa shape index (κ1) is 24.4. The molecular weight excluding hydrogens is 448 g/mol. The summed E-state index contributed by atoms with van der Waals surface area (Å²) >= 11 is 0. The Hall–Kier alpha value is -3.72. The molecule has 1 fully saturated rings. The standard InChI is InChI=1S/C26H30N4O5/c1-34-26(33)23(15-21-16-27-17-28-21)29-25(32)20(14-24(31)30-9-11-35-12-10-30)13-19-7-4-6-18-5-2-3-8-22(18)19/h2-8,16-17,20,23H,9-15H2,1H3,(H,27,28)(H,29,32). The number of H-pyrrole nitrogens is 1. The van der Waals surface area contributed by atoms with Gasteiger partial charge in [0.25, 0.3) is 0 Å². The molecule has 9 nitrogen and oxygen atoms in total. The van der Waals surface area contributed by atoms with Crippen molar-refractivity contribution in [3.63, 3.8) is 0 Å². The largest absolute Gasteiger partial charge is 0.467 e. The summed E-state index contributed by atoms with van der Waals surface area (Å²) in [6.45, 7) is 1.99. The van der Waals surface area contributed by atoms with Gasteiger partial charge < -0.3 is 24.7 Å². The van der Waals surface area contributed by atoms with E-state index in [4.69, 9.17) is 9.47 Å². The van der Waals surface area contributed by atoms with Crippen LogP contribution in [0.4, 0.5) is 0 Å². The zero-order valence-electron chi connectivity index (χ0n) is 19.7. The second-order valence-corrected chi connectivity index (χ2v) is 8.60. The van der Waals surface area contributed by atoms with E-state index >= 15 is 0 Å². The first-order valence-electron chi connectivity index (χ1n) is 11.7. The summed E-state index contributed by atoms with van der Waals surface area (Å²) in [6, 6.07) is 13.0. The third-order valence-electron chi connectivity index (χ3n) is 6.28. The first-order valence-corrected chi connectivity index (χ1v) is 11.7. The van der Waals surface area contributed by atoms with Gasteiger partial charge in [0.15, 0.2) is 0 Å². The smallest absolute Gasteiger partial charge is 0.328 e. The van der Waals surface area contributed by atoms with Gasteiger partial charge in [-0.05, 0) is 22.8 Å². The molecule has 1 saturated heterocycles. The number of methoxy groups -OCH3 is 1. The molecule has 1 aromatic heterocycles. The third kappa shape index (κ3) is 6.24. The lowest BCUT2D eigenvalue weighted by molar-refractivity contribution is -0.146. The van der Waals surface area contributed by atoms with Gasteiger partial charge in [-0.2, -0.15) is 0 Å². The molecule has 184 valence electrons. The van der Waals surface area contributed by atoms with E-state index in [0.717, 1.165) is 16.3 Å². The van der Waals surface area contributed by atoms with E-state index in [0.29, 0.717) is 38.4 Å². The average molecular weight is 479 g/mol. The monoisotopic (exact) mass is 478 g/mol. The molecule has 0 aliphatic carbocycles. The second-order valence-electron chi connectivity index (χ2n) is 8.60. The number of amides is 2. The highest BCUT2D eigenvalue weighted by molar-refractivity contribution is 5.91. The van der Waals surface area contributed by atoms with E-state index in [9.17, 15) is 14.4 Å². The maximum Gasteiger partial charge on any atom is 0.328 e. The molecule has 0 spiro atoms. The maximum absolute atomic E-state index is 13.5. The number of hydrogen-bond acceptors (Lipinski definition) is 6. The van der Waals surface area contributed by atoms with Gasteiger partial charge in [-0.3, -0.25) is 9.59 Å². The van der Waals surface area contributed by atoms with Crippen molar-refractivity contribution in [3.05, 3.63) is 66.2 Å². The predicted molar refractivity (Wildman–Crippen MR) is 129 cm³/mol. The van der Waals surface area contributed by atoms with Gasteiger partial charge in [-0.25, -0.2) is 9.78 Å². The SMILES string of the molecule is COC(=O)C(Cc1cnc[nH]1)NC(=O)C(CC(=O)N1CCOCC1)Cc1cccc2ccccc12. The number of morpholine rings is 1. The van der Waals surface area contributed by atoms with Gasteiger partial charge in [0.05, 0.1) is 32.6 Å². The van der Waals surface area contributed by atoms with Crippen LogP contribution in [-0.4, -0.2) is 72.1 Å². The molecule has 0 radical (unpaired) electrons. The molecule has 2 atom stereocenters. The summed E-state index contributed by atoms with van der Waals surface area (Å²) < 4.78 is 10.3. The van der Waals surface area contributed by atoms with Crippen molar-refractivity contribution in [2.45, 2.75) is 25.3 Å². The minimum absolute atomic E-state index is 0.0347. The summed E-state index contributed by atoms with van der Waals surface area (Å²) in [5.41, 5.74) is 1.66. The van der Waals surface area contributed by atoms with Crippen LogP contribution in [0.3, 0.4) is 0 Å². The third-order valence-corrected chi connectivity index (χ3v) is 6.28. The fourth-order valence-corrected chi connectivity index (χ4v) is 4.39. The number of fused-ring (bicyclic) bond motifs is 1. The Labute approximate surface area is 203 Å². The molecule has 0 saturated carbocycles. The number of carbonyl (C=O) groups excluding carboxylic acids is 3. The van der Waals surface area contributed by atoms with Crippen molar-refractivity contribution in [1.82, 2.24) is 20.2 Å². The predicted octanol–water partition coefficient (Wildman–Crippen LogP) is 1.87. The zero-order valence-corrected chi connectivity index (χ0v) is 19.7. The molecule has 2 unspecified atom stereocenters. The Bertz CT molecular complexity index is 1150. The molecule has 1 aliphatic heterocycles. The number of hydrogen-bond donors (Lipinski definition) is 2. The lowest BCUT2D eigenvalue weighted by Crippen LogP contribution is -2.48. The highest BCUT2D eigenvalue weighted by Gasteiger charge is 2.30. The molecule has 1 aliphatic rings. The highest BCUT2D eigenvalue weighted by atomic mass is 16.5. The summed E-state index contributed by atoms with van der Waals surface area (Å²) in [5.74, 6) is -1.69. The summed E-state index contributed by atoms with van der Waals surface area (Å²) in [7, 11) is 1.28. The van der Waals surface area contributed by atoms with Crippen LogP contribution < -0.4 is 5.32 Å². The molecular formula is C26H30N4O5. The summed E-state index contributed by atoms with van der Waals surface area (Å²) in [6.07, 6.45) is 3.71. The van der Waals surface area contributed by atoms with Gasteiger partial charge in [0.1, 0.15) is 6.04 Å². The average Bonchev–Trinajstić information content (AvgIpc) is 3.41. The van der Waals surface area contributed by atoms with Crippen molar-refractivity contribution in [3.8, 4) is 0 Å². The quantitative estimate of drug-likeness (QED) is 0.454. The van der Waals surface area contributed by atoms with Crippen LogP contribution in [0.25, 0.3) is 10.8 Å². The zero-order chi connectivity index (χ0) is 24.6. The summed E-state index contributed by atoms with van der Waals surface area (Å²) in [4.78, 5) is 47.7. The minimum Gasteiger partial charge on any atom is -0.467 e. The van der Waals surface area contributed by atoms with Crippen LogP contribution in [0, 0.1) is 5.92 Å². The van der Waals surface area contributed by atoms with Gasteiger partial charge in [-0.15, -0.1) is 0 Å². The number of nitrogens with zero attached hydrogens (tertiary/aromatic N) is 2. The lowest BCUT2D eigenvalue weighted by Gasteiger charge is -2.29. The highest BCUT2D eigenvalue weighted by Crippen LogP contribution is 2.23. The molecule has 3 aromatic rings. The topological polar surface area (TPSA) is 114 Å².